The second kappa shape index (κ2) is 5.53. The summed E-state index contributed by atoms with van der Waals surface area (Å²) in [5, 5.41) is 5.00. The van der Waals surface area contributed by atoms with E-state index in [-0.39, 0.29) is 5.56 Å². The lowest BCUT2D eigenvalue weighted by atomic mass is 10.1. The van der Waals surface area contributed by atoms with Gasteiger partial charge in [-0.15, -0.1) is 0 Å². The molecule has 3 aromatic rings. The van der Waals surface area contributed by atoms with Gasteiger partial charge in [-0.05, 0) is 44.0 Å². The van der Waals surface area contributed by atoms with Crippen molar-refractivity contribution in [3.63, 3.8) is 0 Å². The summed E-state index contributed by atoms with van der Waals surface area (Å²) in [6.45, 7) is 6.63. The highest BCUT2D eigenvalue weighted by Gasteiger charge is 2.09. The number of nitrogens with zero attached hydrogens (tertiary/aromatic N) is 4. The van der Waals surface area contributed by atoms with E-state index in [9.17, 15) is 4.79 Å². The smallest absolute Gasteiger partial charge is 0.275 e. The van der Waals surface area contributed by atoms with Crippen molar-refractivity contribution in [1.29, 1.82) is 0 Å². The Morgan fingerprint density at radius 1 is 1.14 bits per heavy atom. The molecule has 0 radical (unpaired) electrons. The Morgan fingerprint density at radius 2 is 1.82 bits per heavy atom. The zero-order valence-electron chi connectivity index (χ0n) is 13.1. The van der Waals surface area contributed by atoms with E-state index in [2.05, 4.69) is 47.0 Å². The summed E-state index contributed by atoms with van der Waals surface area (Å²) in [6, 6.07) is 7.98. The van der Waals surface area contributed by atoms with Crippen LogP contribution in [0.25, 0.3) is 4.96 Å². The maximum absolute atomic E-state index is 12.1. The van der Waals surface area contributed by atoms with Gasteiger partial charge in [0.15, 0.2) is 0 Å². The standard InChI is InChI=1S/C16H18N4OS/c1-10-5-11(2)7-14(6-10)19(4)9-13-8-15(21)20-16(17-13)22-12(3)18-20/h5-8H,9H2,1-4H3. The second-order valence-corrected chi connectivity index (χ2v) is 6.76. The SMILES string of the molecule is Cc1cc(C)cc(N(C)Cc2cc(=O)n3nc(C)sc3n2)c1. The van der Waals surface area contributed by atoms with Crippen molar-refractivity contribution < 1.29 is 0 Å². The molecule has 0 spiro atoms. The predicted molar refractivity (Wildman–Crippen MR) is 89.9 cm³/mol. The zero-order valence-corrected chi connectivity index (χ0v) is 13.9. The Kier molecular flexibility index (Phi) is 3.70. The molecule has 5 nitrogen and oxygen atoms in total. The molecule has 2 aromatic heterocycles. The van der Waals surface area contributed by atoms with E-state index >= 15 is 0 Å². The molecule has 1 aromatic carbocycles. The maximum Gasteiger partial charge on any atom is 0.275 e. The summed E-state index contributed by atoms with van der Waals surface area (Å²) in [5.74, 6) is 0. The van der Waals surface area contributed by atoms with E-state index in [1.807, 2.05) is 14.0 Å². The molecule has 0 saturated carbocycles. The van der Waals surface area contributed by atoms with E-state index in [4.69, 9.17) is 0 Å². The van der Waals surface area contributed by atoms with Gasteiger partial charge in [-0.25, -0.2) is 4.98 Å². The summed E-state index contributed by atoms with van der Waals surface area (Å²) in [4.78, 5) is 19.4. The third kappa shape index (κ3) is 2.87. The average molecular weight is 314 g/mol. The molecule has 2 heterocycles. The minimum Gasteiger partial charge on any atom is -0.369 e. The third-order valence-electron chi connectivity index (χ3n) is 3.45. The molecule has 6 heteroatoms. The number of hydrogen-bond acceptors (Lipinski definition) is 5. The van der Waals surface area contributed by atoms with Crippen LogP contribution in [0.3, 0.4) is 0 Å². The van der Waals surface area contributed by atoms with Crippen molar-refractivity contribution in [2.45, 2.75) is 27.3 Å². The average Bonchev–Trinajstić information content (AvgIpc) is 2.78. The van der Waals surface area contributed by atoms with Gasteiger partial charge in [0.2, 0.25) is 4.96 Å². The van der Waals surface area contributed by atoms with Crippen LogP contribution < -0.4 is 10.5 Å². The van der Waals surface area contributed by atoms with Crippen LogP contribution in [0.4, 0.5) is 5.69 Å². The first kappa shape index (κ1) is 14.7. The molecule has 0 bridgehead atoms. The molecule has 114 valence electrons. The summed E-state index contributed by atoms with van der Waals surface area (Å²) in [6.07, 6.45) is 0. The molecule has 0 amide bonds. The Hall–Kier alpha value is -2.21. The number of anilines is 1. The van der Waals surface area contributed by atoms with Crippen molar-refractivity contribution in [2.75, 3.05) is 11.9 Å². The molecule has 0 aliphatic heterocycles. The van der Waals surface area contributed by atoms with Gasteiger partial charge in [0.25, 0.3) is 5.56 Å². The largest absolute Gasteiger partial charge is 0.369 e. The van der Waals surface area contributed by atoms with Crippen LogP contribution in [0.1, 0.15) is 21.8 Å². The van der Waals surface area contributed by atoms with Crippen molar-refractivity contribution in [2.24, 2.45) is 0 Å². The fraction of sp³-hybridized carbons (Fsp3) is 0.312. The lowest BCUT2D eigenvalue weighted by Gasteiger charge is -2.20. The Balaban J connectivity index is 1.93. The number of benzene rings is 1. The number of aromatic nitrogens is 3. The molecule has 0 aliphatic rings. The lowest BCUT2D eigenvalue weighted by Crippen LogP contribution is -2.21. The minimum absolute atomic E-state index is 0.127. The molecule has 0 fully saturated rings. The van der Waals surface area contributed by atoms with E-state index < -0.39 is 0 Å². The minimum atomic E-state index is -0.127. The van der Waals surface area contributed by atoms with Crippen molar-refractivity contribution in [1.82, 2.24) is 14.6 Å². The van der Waals surface area contributed by atoms with Crippen molar-refractivity contribution in [3.8, 4) is 0 Å². The summed E-state index contributed by atoms with van der Waals surface area (Å²) in [7, 11) is 2.01. The predicted octanol–water partition coefficient (Wildman–Crippen LogP) is 2.71. The summed E-state index contributed by atoms with van der Waals surface area (Å²) < 4.78 is 1.36. The van der Waals surface area contributed by atoms with Crippen LogP contribution in [0, 0.1) is 20.8 Å². The van der Waals surface area contributed by atoms with Crippen LogP contribution >= 0.6 is 11.3 Å². The first-order chi connectivity index (χ1) is 10.4. The van der Waals surface area contributed by atoms with Crippen LogP contribution in [0.15, 0.2) is 29.1 Å². The van der Waals surface area contributed by atoms with Gasteiger partial charge in [0.05, 0.1) is 12.2 Å². The van der Waals surface area contributed by atoms with Crippen LogP contribution in [0.5, 0.6) is 0 Å². The Bertz CT molecular complexity index is 877. The van der Waals surface area contributed by atoms with Crippen LogP contribution in [0.2, 0.25) is 0 Å². The molecule has 0 saturated heterocycles. The highest BCUT2D eigenvalue weighted by Crippen LogP contribution is 2.19. The summed E-state index contributed by atoms with van der Waals surface area (Å²) in [5.41, 5.74) is 4.21. The molecule has 22 heavy (non-hydrogen) atoms. The van der Waals surface area contributed by atoms with Gasteiger partial charge >= 0.3 is 0 Å². The number of hydrogen-bond donors (Lipinski definition) is 0. The highest BCUT2D eigenvalue weighted by atomic mass is 32.1. The van der Waals surface area contributed by atoms with Crippen molar-refractivity contribution >= 4 is 22.0 Å². The molecular formula is C16H18N4OS. The monoisotopic (exact) mass is 314 g/mol. The third-order valence-corrected chi connectivity index (χ3v) is 4.27. The second-order valence-electron chi connectivity index (χ2n) is 5.60. The lowest BCUT2D eigenvalue weighted by molar-refractivity contribution is 0.834. The van der Waals surface area contributed by atoms with E-state index in [0.717, 1.165) is 16.4 Å². The first-order valence-electron chi connectivity index (χ1n) is 7.08. The van der Waals surface area contributed by atoms with Gasteiger partial charge in [0.1, 0.15) is 5.01 Å². The van der Waals surface area contributed by atoms with E-state index in [1.165, 1.54) is 27.0 Å². The highest BCUT2D eigenvalue weighted by molar-refractivity contribution is 7.16. The van der Waals surface area contributed by atoms with Gasteiger partial charge in [-0.3, -0.25) is 4.79 Å². The van der Waals surface area contributed by atoms with Gasteiger partial charge in [-0.1, -0.05) is 17.4 Å². The molecule has 3 rings (SSSR count). The number of fused-ring (bicyclic) bond motifs is 1. The van der Waals surface area contributed by atoms with Gasteiger partial charge in [0, 0.05) is 18.8 Å². The number of rotatable bonds is 3. The first-order valence-corrected chi connectivity index (χ1v) is 7.90. The molecule has 0 atom stereocenters. The van der Waals surface area contributed by atoms with Gasteiger partial charge in [-0.2, -0.15) is 9.61 Å². The van der Waals surface area contributed by atoms with Crippen LogP contribution in [-0.2, 0) is 6.54 Å². The topological polar surface area (TPSA) is 50.5 Å². The quantitative estimate of drug-likeness (QED) is 0.746. The molecular weight excluding hydrogens is 296 g/mol. The molecule has 0 aliphatic carbocycles. The fourth-order valence-corrected chi connectivity index (χ4v) is 3.31. The summed E-state index contributed by atoms with van der Waals surface area (Å²) >= 11 is 1.43. The van der Waals surface area contributed by atoms with E-state index in [1.54, 1.807) is 6.07 Å². The van der Waals surface area contributed by atoms with Crippen molar-refractivity contribution in [3.05, 3.63) is 56.4 Å². The van der Waals surface area contributed by atoms with Gasteiger partial charge < -0.3 is 4.90 Å². The zero-order chi connectivity index (χ0) is 15.9. The van der Waals surface area contributed by atoms with E-state index in [0.29, 0.717) is 11.5 Å². The van der Waals surface area contributed by atoms with Crippen LogP contribution in [-0.4, -0.2) is 21.6 Å². The molecule has 0 unspecified atom stereocenters. The Morgan fingerprint density at radius 3 is 2.50 bits per heavy atom. The normalized spacial score (nSPS) is 11.1. The maximum atomic E-state index is 12.1. The number of aryl methyl sites for hydroxylation is 3. The Labute approximate surface area is 132 Å². The molecule has 0 N–H and O–H groups in total. The fourth-order valence-electron chi connectivity index (χ4n) is 2.54.